The Kier molecular flexibility index (Phi) is 3.49. The van der Waals surface area contributed by atoms with Crippen molar-refractivity contribution < 1.29 is 4.74 Å². The molecule has 0 spiro atoms. The van der Waals surface area contributed by atoms with Gasteiger partial charge in [0.05, 0.1) is 6.10 Å². The zero-order chi connectivity index (χ0) is 11.5. The summed E-state index contributed by atoms with van der Waals surface area (Å²) >= 11 is 0. The van der Waals surface area contributed by atoms with Crippen molar-refractivity contribution in [2.45, 2.75) is 51.2 Å². The quantitative estimate of drug-likeness (QED) is 0.848. The highest BCUT2D eigenvalue weighted by atomic mass is 16.5. The second-order valence-electron chi connectivity index (χ2n) is 5.01. The zero-order valence-electron chi connectivity index (χ0n) is 10.1. The molecule has 0 aliphatic heterocycles. The molecule has 1 saturated carbocycles. The van der Waals surface area contributed by atoms with Gasteiger partial charge in [-0.1, -0.05) is 12.1 Å². The van der Waals surface area contributed by atoms with Crippen LogP contribution in [-0.4, -0.2) is 12.1 Å². The summed E-state index contributed by atoms with van der Waals surface area (Å²) in [5.74, 6) is 1.61. The van der Waals surface area contributed by atoms with Gasteiger partial charge >= 0.3 is 0 Å². The van der Waals surface area contributed by atoms with E-state index in [1.807, 2.05) is 13.8 Å². The maximum absolute atomic E-state index is 5.93. The van der Waals surface area contributed by atoms with Crippen LogP contribution in [0, 0.1) is 0 Å². The van der Waals surface area contributed by atoms with Gasteiger partial charge in [0, 0.05) is 6.04 Å². The van der Waals surface area contributed by atoms with Crippen molar-refractivity contribution in [2.24, 2.45) is 5.73 Å². The van der Waals surface area contributed by atoms with Crippen LogP contribution in [0.1, 0.15) is 44.6 Å². The molecule has 1 aliphatic rings. The third-order valence-corrected chi connectivity index (χ3v) is 3.20. The van der Waals surface area contributed by atoms with Gasteiger partial charge in [0.1, 0.15) is 5.75 Å². The second-order valence-corrected chi connectivity index (χ2v) is 5.01. The molecule has 0 amide bonds. The molecule has 88 valence electrons. The summed E-state index contributed by atoms with van der Waals surface area (Å²) in [6.45, 7) is 4.09. The summed E-state index contributed by atoms with van der Waals surface area (Å²) in [6.07, 6.45) is 3.76. The van der Waals surface area contributed by atoms with E-state index in [2.05, 4.69) is 24.3 Å². The summed E-state index contributed by atoms with van der Waals surface area (Å²) in [4.78, 5) is 0. The Balaban J connectivity index is 2.02. The molecule has 1 aromatic rings. The first-order valence-corrected chi connectivity index (χ1v) is 6.17. The van der Waals surface area contributed by atoms with Crippen LogP contribution < -0.4 is 10.5 Å². The van der Waals surface area contributed by atoms with E-state index in [1.165, 1.54) is 12.0 Å². The standard InChI is InChI=1S/C14H21NO/c1-10(2)16-14-7-4-11(5-8-14)12-3-6-13(15)9-12/h4-5,7-8,10,12-13H,3,6,9,15H2,1-2H3/t12-,13+/m0/s1. The molecule has 16 heavy (non-hydrogen) atoms. The largest absolute Gasteiger partial charge is 0.491 e. The minimum atomic E-state index is 0.241. The fraction of sp³-hybridized carbons (Fsp3) is 0.571. The maximum atomic E-state index is 5.93. The predicted octanol–water partition coefficient (Wildman–Crippen LogP) is 3.07. The van der Waals surface area contributed by atoms with Crippen LogP contribution in [0.5, 0.6) is 5.75 Å². The number of nitrogens with two attached hydrogens (primary N) is 1. The lowest BCUT2D eigenvalue weighted by molar-refractivity contribution is 0.242. The number of ether oxygens (including phenoxy) is 1. The first-order chi connectivity index (χ1) is 7.65. The van der Waals surface area contributed by atoms with Crippen LogP contribution >= 0.6 is 0 Å². The third-order valence-electron chi connectivity index (χ3n) is 3.20. The van der Waals surface area contributed by atoms with Crippen molar-refractivity contribution >= 4 is 0 Å². The van der Waals surface area contributed by atoms with E-state index >= 15 is 0 Å². The molecule has 2 N–H and O–H groups in total. The Morgan fingerprint density at radius 2 is 1.88 bits per heavy atom. The molecule has 2 nitrogen and oxygen atoms in total. The van der Waals surface area contributed by atoms with Crippen LogP contribution in [0.25, 0.3) is 0 Å². The molecule has 0 heterocycles. The van der Waals surface area contributed by atoms with Crippen molar-refractivity contribution in [3.8, 4) is 5.75 Å². The van der Waals surface area contributed by atoms with E-state index in [4.69, 9.17) is 10.5 Å². The molecule has 0 saturated heterocycles. The zero-order valence-corrected chi connectivity index (χ0v) is 10.1. The van der Waals surface area contributed by atoms with Crippen LogP contribution in [0.4, 0.5) is 0 Å². The van der Waals surface area contributed by atoms with E-state index in [-0.39, 0.29) is 6.10 Å². The SMILES string of the molecule is CC(C)Oc1ccc([C@H]2CC[C@@H](N)C2)cc1. The summed E-state index contributed by atoms with van der Waals surface area (Å²) in [5.41, 5.74) is 7.34. The monoisotopic (exact) mass is 219 g/mol. The number of hydrogen-bond acceptors (Lipinski definition) is 2. The average Bonchev–Trinajstić information content (AvgIpc) is 2.65. The Labute approximate surface area is 97.8 Å². The highest BCUT2D eigenvalue weighted by Gasteiger charge is 2.22. The summed E-state index contributed by atoms with van der Waals surface area (Å²) < 4.78 is 5.63. The molecule has 2 rings (SSSR count). The molecule has 0 aromatic heterocycles. The molecular formula is C14H21NO. The van der Waals surface area contributed by atoms with Gasteiger partial charge in [0.2, 0.25) is 0 Å². The number of benzene rings is 1. The minimum absolute atomic E-state index is 0.241. The Morgan fingerprint density at radius 1 is 1.19 bits per heavy atom. The van der Waals surface area contributed by atoms with Crippen molar-refractivity contribution in [3.63, 3.8) is 0 Å². The molecule has 1 fully saturated rings. The van der Waals surface area contributed by atoms with Crippen LogP contribution in [0.2, 0.25) is 0 Å². The van der Waals surface area contributed by atoms with Crippen molar-refractivity contribution in [2.75, 3.05) is 0 Å². The van der Waals surface area contributed by atoms with E-state index in [9.17, 15) is 0 Å². The normalized spacial score (nSPS) is 25.0. The molecular weight excluding hydrogens is 198 g/mol. The summed E-state index contributed by atoms with van der Waals surface area (Å²) in [7, 11) is 0. The molecule has 0 bridgehead atoms. The molecule has 1 aromatic carbocycles. The molecule has 2 heteroatoms. The second kappa shape index (κ2) is 4.88. The highest BCUT2D eigenvalue weighted by Crippen LogP contribution is 2.34. The smallest absolute Gasteiger partial charge is 0.119 e. The van der Waals surface area contributed by atoms with Crippen molar-refractivity contribution in [3.05, 3.63) is 29.8 Å². The Hall–Kier alpha value is -1.02. The number of rotatable bonds is 3. The predicted molar refractivity (Wildman–Crippen MR) is 66.8 cm³/mol. The van der Waals surface area contributed by atoms with E-state index in [0.29, 0.717) is 12.0 Å². The molecule has 0 radical (unpaired) electrons. The van der Waals surface area contributed by atoms with Gasteiger partial charge in [-0.3, -0.25) is 0 Å². The fourth-order valence-corrected chi connectivity index (χ4v) is 2.41. The van der Waals surface area contributed by atoms with E-state index < -0.39 is 0 Å². The lowest BCUT2D eigenvalue weighted by atomic mass is 9.97. The summed E-state index contributed by atoms with van der Waals surface area (Å²) in [6, 6.07) is 8.90. The molecule has 2 atom stereocenters. The van der Waals surface area contributed by atoms with Crippen LogP contribution in [-0.2, 0) is 0 Å². The minimum Gasteiger partial charge on any atom is -0.491 e. The highest BCUT2D eigenvalue weighted by molar-refractivity contribution is 5.30. The first-order valence-electron chi connectivity index (χ1n) is 6.17. The van der Waals surface area contributed by atoms with Gasteiger partial charge < -0.3 is 10.5 Å². The molecule has 1 aliphatic carbocycles. The van der Waals surface area contributed by atoms with E-state index in [1.54, 1.807) is 0 Å². The third kappa shape index (κ3) is 2.76. The Morgan fingerprint density at radius 3 is 2.38 bits per heavy atom. The van der Waals surface area contributed by atoms with Crippen molar-refractivity contribution in [1.29, 1.82) is 0 Å². The first kappa shape index (κ1) is 11.5. The molecule has 0 unspecified atom stereocenters. The van der Waals surface area contributed by atoms with Gasteiger partial charge in [-0.15, -0.1) is 0 Å². The van der Waals surface area contributed by atoms with Gasteiger partial charge in [-0.25, -0.2) is 0 Å². The van der Waals surface area contributed by atoms with Crippen molar-refractivity contribution in [1.82, 2.24) is 0 Å². The van der Waals surface area contributed by atoms with Gasteiger partial charge in [0.25, 0.3) is 0 Å². The lowest BCUT2D eigenvalue weighted by Crippen LogP contribution is -2.14. The Bertz CT molecular complexity index is 331. The van der Waals surface area contributed by atoms with Gasteiger partial charge in [-0.2, -0.15) is 0 Å². The summed E-state index contributed by atoms with van der Waals surface area (Å²) in [5, 5.41) is 0. The van der Waals surface area contributed by atoms with Gasteiger partial charge in [0.15, 0.2) is 0 Å². The topological polar surface area (TPSA) is 35.2 Å². The van der Waals surface area contributed by atoms with Crippen LogP contribution in [0.15, 0.2) is 24.3 Å². The van der Waals surface area contributed by atoms with E-state index in [0.717, 1.165) is 18.6 Å². The number of hydrogen-bond donors (Lipinski definition) is 1. The van der Waals surface area contributed by atoms with Crippen LogP contribution in [0.3, 0.4) is 0 Å². The average molecular weight is 219 g/mol. The van der Waals surface area contributed by atoms with Gasteiger partial charge in [-0.05, 0) is 56.7 Å². The fourth-order valence-electron chi connectivity index (χ4n) is 2.41. The lowest BCUT2D eigenvalue weighted by Gasteiger charge is -2.13. The maximum Gasteiger partial charge on any atom is 0.119 e.